The van der Waals surface area contributed by atoms with Crippen LogP contribution in [0.2, 0.25) is 0 Å². The summed E-state index contributed by atoms with van der Waals surface area (Å²) in [6, 6.07) is 0. The van der Waals surface area contributed by atoms with Crippen molar-refractivity contribution in [2.75, 3.05) is 13.7 Å². The van der Waals surface area contributed by atoms with Gasteiger partial charge in [0.25, 0.3) is 0 Å². The molecule has 0 heterocycles. The largest absolute Gasteiger partial charge is 0.396 e. The van der Waals surface area contributed by atoms with E-state index in [9.17, 15) is 4.79 Å². The van der Waals surface area contributed by atoms with Gasteiger partial charge in [-0.05, 0) is 6.92 Å². The smallest absolute Gasteiger partial charge is 0.225 e. The number of aliphatic hydroxyl groups is 1. The first-order valence-corrected chi connectivity index (χ1v) is 3.65. The number of amides is 1. The van der Waals surface area contributed by atoms with Gasteiger partial charge in [0.2, 0.25) is 5.91 Å². The molecular formula is C6H13NO2S. The highest BCUT2D eigenvalue weighted by atomic mass is 32.1. The highest BCUT2D eigenvalue weighted by Gasteiger charge is 2.10. The third-order valence-electron chi connectivity index (χ3n) is 1.28. The number of carbonyl (C=O) groups excluding carboxylic acids is 1. The van der Waals surface area contributed by atoms with Crippen LogP contribution in [0.1, 0.15) is 13.3 Å². The minimum absolute atomic E-state index is 0.0787. The van der Waals surface area contributed by atoms with Crippen molar-refractivity contribution in [2.45, 2.75) is 18.7 Å². The Labute approximate surface area is 66.4 Å². The van der Waals surface area contributed by atoms with Crippen molar-refractivity contribution in [1.82, 2.24) is 4.90 Å². The van der Waals surface area contributed by atoms with E-state index in [1.807, 2.05) is 0 Å². The second-order valence-corrected chi connectivity index (χ2v) is 2.86. The quantitative estimate of drug-likeness (QED) is 0.458. The summed E-state index contributed by atoms with van der Waals surface area (Å²) >= 11 is 4.05. The first-order valence-electron chi connectivity index (χ1n) is 3.14. The fraction of sp³-hybridized carbons (Fsp3) is 0.833. The molecule has 60 valence electrons. The van der Waals surface area contributed by atoms with E-state index in [1.54, 1.807) is 14.0 Å². The average Bonchev–Trinajstić information content (AvgIpc) is 1.87. The molecule has 0 spiro atoms. The van der Waals surface area contributed by atoms with Crippen molar-refractivity contribution in [3.8, 4) is 0 Å². The van der Waals surface area contributed by atoms with E-state index >= 15 is 0 Å². The molecule has 0 saturated heterocycles. The predicted molar refractivity (Wildman–Crippen MR) is 42.9 cm³/mol. The third kappa shape index (κ3) is 3.08. The Kier molecular flexibility index (Phi) is 4.47. The van der Waals surface area contributed by atoms with Crippen LogP contribution in [0, 0.1) is 0 Å². The van der Waals surface area contributed by atoms with Gasteiger partial charge in [0.1, 0.15) is 0 Å². The van der Waals surface area contributed by atoms with Gasteiger partial charge in [-0.25, -0.2) is 0 Å². The van der Waals surface area contributed by atoms with Gasteiger partial charge in [-0.15, -0.1) is 0 Å². The van der Waals surface area contributed by atoms with Crippen molar-refractivity contribution < 1.29 is 9.90 Å². The Bertz CT molecular complexity index is 116. The molecule has 3 nitrogen and oxygen atoms in total. The van der Waals surface area contributed by atoms with Crippen molar-refractivity contribution in [1.29, 1.82) is 0 Å². The Morgan fingerprint density at radius 1 is 1.80 bits per heavy atom. The van der Waals surface area contributed by atoms with Crippen LogP contribution in [0.25, 0.3) is 0 Å². The molecule has 1 unspecified atom stereocenters. The molecule has 0 aromatic carbocycles. The van der Waals surface area contributed by atoms with Crippen LogP contribution in [-0.2, 0) is 4.79 Å². The lowest BCUT2D eigenvalue weighted by atomic mass is 10.4. The maximum absolute atomic E-state index is 10.9. The van der Waals surface area contributed by atoms with Crippen molar-refractivity contribution in [3.63, 3.8) is 0 Å². The van der Waals surface area contributed by atoms with E-state index in [0.29, 0.717) is 0 Å². The maximum Gasteiger partial charge on any atom is 0.225 e. The van der Waals surface area contributed by atoms with E-state index in [2.05, 4.69) is 12.6 Å². The standard InChI is InChI=1S/C6H13NO2S/c1-5(10)7(2)6(9)3-4-8/h5,8,10H,3-4H2,1-2H3. The minimum Gasteiger partial charge on any atom is -0.396 e. The topological polar surface area (TPSA) is 40.5 Å². The van der Waals surface area contributed by atoms with Gasteiger partial charge < -0.3 is 10.0 Å². The van der Waals surface area contributed by atoms with Crippen LogP contribution in [0.3, 0.4) is 0 Å². The van der Waals surface area contributed by atoms with Crippen LogP contribution >= 0.6 is 12.6 Å². The fourth-order valence-corrected chi connectivity index (χ4v) is 0.609. The minimum atomic E-state index is -0.0936. The molecule has 0 aliphatic carbocycles. The van der Waals surface area contributed by atoms with Gasteiger partial charge >= 0.3 is 0 Å². The summed E-state index contributed by atoms with van der Waals surface area (Å²) in [5, 5.41) is 8.31. The second kappa shape index (κ2) is 4.57. The summed E-state index contributed by atoms with van der Waals surface area (Å²) < 4.78 is 0. The molecule has 0 aromatic heterocycles. The first kappa shape index (κ1) is 9.78. The molecule has 0 saturated carbocycles. The number of rotatable bonds is 3. The van der Waals surface area contributed by atoms with Crippen LogP contribution in [0.4, 0.5) is 0 Å². The third-order valence-corrected chi connectivity index (χ3v) is 1.63. The van der Waals surface area contributed by atoms with Crippen LogP contribution in [0.5, 0.6) is 0 Å². The lowest BCUT2D eigenvalue weighted by molar-refractivity contribution is -0.130. The Morgan fingerprint density at radius 3 is 2.60 bits per heavy atom. The van der Waals surface area contributed by atoms with E-state index < -0.39 is 0 Å². The maximum atomic E-state index is 10.9. The summed E-state index contributed by atoms with van der Waals surface area (Å²) in [4.78, 5) is 12.4. The molecule has 0 radical (unpaired) electrons. The summed E-state index contributed by atoms with van der Waals surface area (Å²) in [6.45, 7) is 1.71. The number of hydrogen-bond acceptors (Lipinski definition) is 3. The van der Waals surface area contributed by atoms with Crippen molar-refractivity contribution >= 4 is 18.5 Å². The molecule has 4 heteroatoms. The normalized spacial score (nSPS) is 12.8. The summed E-state index contributed by atoms with van der Waals surface area (Å²) in [5.41, 5.74) is 0. The molecule has 0 aromatic rings. The Hall–Kier alpha value is -0.220. The predicted octanol–water partition coefficient (Wildman–Crippen LogP) is 0.103. The number of thiol groups is 1. The second-order valence-electron chi connectivity index (χ2n) is 2.11. The molecule has 10 heavy (non-hydrogen) atoms. The zero-order valence-corrected chi connectivity index (χ0v) is 7.14. The molecule has 0 aliphatic rings. The van der Waals surface area contributed by atoms with E-state index in [1.165, 1.54) is 4.90 Å². The van der Waals surface area contributed by atoms with Crippen LogP contribution < -0.4 is 0 Å². The Morgan fingerprint density at radius 2 is 2.30 bits per heavy atom. The lowest BCUT2D eigenvalue weighted by Crippen LogP contribution is -2.31. The van der Waals surface area contributed by atoms with Gasteiger partial charge in [0.05, 0.1) is 12.0 Å². The lowest BCUT2D eigenvalue weighted by Gasteiger charge is -2.19. The van der Waals surface area contributed by atoms with Gasteiger partial charge in [-0.1, -0.05) is 0 Å². The van der Waals surface area contributed by atoms with Gasteiger partial charge in [-0.3, -0.25) is 4.79 Å². The number of nitrogens with zero attached hydrogens (tertiary/aromatic N) is 1. The Balaban J connectivity index is 3.71. The molecule has 0 rings (SSSR count). The first-order chi connectivity index (χ1) is 4.59. The number of aliphatic hydroxyl groups excluding tert-OH is 1. The molecule has 0 fully saturated rings. The molecule has 1 amide bonds. The van der Waals surface area contributed by atoms with E-state index in [0.717, 1.165) is 0 Å². The van der Waals surface area contributed by atoms with E-state index in [4.69, 9.17) is 5.11 Å². The van der Waals surface area contributed by atoms with Gasteiger partial charge in [0.15, 0.2) is 0 Å². The van der Waals surface area contributed by atoms with Crippen molar-refractivity contribution in [3.05, 3.63) is 0 Å². The van der Waals surface area contributed by atoms with Gasteiger partial charge in [-0.2, -0.15) is 12.6 Å². The molecule has 1 atom stereocenters. The average molecular weight is 163 g/mol. The SMILES string of the molecule is CC(S)N(C)C(=O)CCO. The molecule has 0 aliphatic heterocycles. The van der Waals surface area contributed by atoms with Crippen LogP contribution in [-0.4, -0.2) is 34.9 Å². The summed E-state index contributed by atoms with van der Waals surface area (Å²) in [6.07, 6.45) is 0.182. The highest BCUT2D eigenvalue weighted by molar-refractivity contribution is 7.80. The molecule has 0 bridgehead atoms. The zero-order chi connectivity index (χ0) is 8.15. The fourth-order valence-electron chi connectivity index (χ4n) is 0.480. The van der Waals surface area contributed by atoms with Crippen molar-refractivity contribution in [2.24, 2.45) is 0 Å². The number of hydrogen-bond donors (Lipinski definition) is 2. The number of carbonyl (C=O) groups is 1. The highest BCUT2D eigenvalue weighted by Crippen LogP contribution is 2.01. The summed E-state index contributed by atoms with van der Waals surface area (Å²) in [7, 11) is 1.66. The molecular weight excluding hydrogens is 150 g/mol. The molecule has 1 N–H and O–H groups in total. The summed E-state index contributed by atoms with van der Waals surface area (Å²) in [5.74, 6) is -0.0787. The van der Waals surface area contributed by atoms with E-state index in [-0.39, 0.29) is 24.3 Å². The zero-order valence-electron chi connectivity index (χ0n) is 6.24. The van der Waals surface area contributed by atoms with Crippen LogP contribution in [0.15, 0.2) is 0 Å². The van der Waals surface area contributed by atoms with Gasteiger partial charge in [0, 0.05) is 13.5 Å². The monoisotopic (exact) mass is 163 g/mol.